The molecule has 0 aliphatic carbocycles. The molecule has 1 amide bonds. The molecular formula is C17H21N7O3. The summed E-state index contributed by atoms with van der Waals surface area (Å²) in [5.74, 6) is 0.658. The van der Waals surface area contributed by atoms with Crippen molar-refractivity contribution in [3.8, 4) is 0 Å². The van der Waals surface area contributed by atoms with Crippen LogP contribution in [0.5, 0.6) is 0 Å². The molecule has 0 saturated carbocycles. The Labute approximate surface area is 155 Å². The number of benzene rings is 1. The Balaban J connectivity index is 1.51. The Morgan fingerprint density at radius 1 is 1.44 bits per heavy atom. The van der Waals surface area contributed by atoms with Gasteiger partial charge in [0.05, 0.1) is 11.5 Å². The lowest BCUT2D eigenvalue weighted by molar-refractivity contribution is -0.385. The summed E-state index contributed by atoms with van der Waals surface area (Å²) in [7, 11) is 1.66. The first-order valence-electron chi connectivity index (χ1n) is 8.57. The van der Waals surface area contributed by atoms with E-state index >= 15 is 0 Å². The molecule has 10 heteroatoms. The van der Waals surface area contributed by atoms with E-state index in [1.807, 2.05) is 24.3 Å². The molecule has 3 N–H and O–H groups in total. The number of guanidine groups is 1. The predicted octanol–water partition coefficient (Wildman–Crippen LogP) is 1.08. The molecule has 3 rings (SSSR count). The quantitative estimate of drug-likeness (QED) is 0.302. The second kappa shape index (κ2) is 8.30. The van der Waals surface area contributed by atoms with Crippen LogP contribution in [0.15, 0.2) is 41.7 Å². The highest BCUT2D eigenvalue weighted by atomic mass is 16.6. The molecule has 1 unspecified atom stereocenters. The summed E-state index contributed by atoms with van der Waals surface area (Å²) >= 11 is 0. The number of carbonyl (C=O) groups excluding carboxylic acids is 1. The highest BCUT2D eigenvalue weighted by Crippen LogP contribution is 2.31. The summed E-state index contributed by atoms with van der Waals surface area (Å²) in [6.45, 7) is 1.53. The fraction of sp³-hybridized carbons (Fsp3) is 0.353. The average Bonchev–Trinajstić information content (AvgIpc) is 3.13. The van der Waals surface area contributed by atoms with Gasteiger partial charge < -0.3 is 16.0 Å². The summed E-state index contributed by atoms with van der Waals surface area (Å²) < 4.78 is 1.50. The average molecular weight is 371 g/mol. The highest BCUT2D eigenvalue weighted by molar-refractivity contribution is 5.94. The number of nitrogens with zero attached hydrogens (tertiary/aromatic N) is 4. The Hall–Kier alpha value is -3.43. The van der Waals surface area contributed by atoms with Crippen molar-refractivity contribution in [2.75, 3.05) is 25.5 Å². The lowest BCUT2D eigenvalue weighted by atomic mass is 9.90. The van der Waals surface area contributed by atoms with E-state index in [9.17, 15) is 14.9 Å². The van der Waals surface area contributed by atoms with E-state index in [4.69, 9.17) is 0 Å². The number of nitro groups is 1. The van der Waals surface area contributed by atoms with Crippen molar-refractivity contribution in [2.24, 2.45) is 4.99 Å². The van der Waals surface area contributed by atoms with E-state index in [0.29, 0.717) is 32.0 Å². The number of hydrogen-bond donors (Lipinski definition) is 3. The summed E-state index contributed by atoms with van der Waals surface area (Å²) in [5.41, 5.74) is 1.92. The zero-order chi connectivity index (χ0) is 19.2. The topological polar surface area (TPSA) is 126 Å². The fourth-order valence-corrected chi connectivity index (χ4v) is 2.98. The Morgan fingerprint density at radius 2 is 2.26 bits per heavy atom. The van der Waals surface area contributed by atoms with Crippen molar-refractivity contribution in [2.45, 2.75) is 18.9 Å². The number of rotatable bonds is 6. The molecule has 27 heavy (non-hydrogen) atoms. The van der Waals surface area contributed by atoms with E-state index < -0.39 is 4.92 Å². The third-order valence-electron chi connectivity index (χ3n) is 4.31. The smallest absolute Gasteiger partial charge is 0.306 e. The Kier molecular flexibility index (Phi) is 5.64. The van der Waals surface area contributed by atoms with E-state index in [2.05, 4.69) is 26.0 Å². The first kappa shape index (κ1) is 18.4. The van der Waals surface area contributed by atoms with Crippen molar-refractivity contribution >= 4 is 23.2 Å². The van der Waals surface area contributed by atoms with Crippen molar-refractivity contribution in [1.82, 2.24) is 20.4 Å². The molecule has 0 radical (unpaired) electrons. The molecule has 10 nitrogen and oxygen atoms in total. The third kappa shape index (κ3) is 4.60. The number of aromatic nitrogens is 2. The maximum absolute atomic E-state index is 11.9. The van der Waals surface area contributed by atoms with Gasteiger partial charge in [-0.3, -0.25) is 24.6 Å². The number of carbonyl (C=O) groups is 1. The van der Waals surface area contributed by atoms with Gasteiger partial charge in [0.1, 0.15) is 12.4 Å². The standard InChI is InChI=1S/C17H21N7O3/c1-18-17(19-6-7-23-11-13(10-21-23)24(26)27)20-9-12-8-16(25)22-15-5-3-2-4-14(12)15/h2-5,10-12H,6-9H2,1H3,(H,22,25)(H2,18,19,20). The Bertz CT molecular complexity index is 862. The monoisotopic (exact) mass is 371 g/mol. The molecule has 0 spiro atoms. The molecule has 0 saturated heterocycles. The molecule has 1 aliphatic rings. The molecule has 0 bridgehead atoms. The zero-order valence-corrected chi connectivity index (χ0v) is 14.9. The van der Waals surface area contributed by atoms with Gasteiger partial charge in [0.15, 0.2) is 5.96 Å². The molecular weight excluding hydrogens is 350 g/mol. The van der Waals surface area contributed by atoms with Crippen LogP contribution in [0, 0.1) is 10.1 Å². The molecule has 1 aromatic heterocycles. The lowest BCUT2D eigenvalue weighted by Crippen LogP contribution is -2.41. The number of anilines is 1. The second-order valence-electron chi connectivity index (χ2n) is 6.14. The van der Waals surface area contributed by atoms with Crippen LogP contribution >= 0.6 is 0 Å². The minimum absolute atomic E-state index is 0.00345. The summed E-state index contributed by atoms with van der Waals surface area (Å²) in [6.07, 6.45) is 3.02. The van der Waals surface area contributed by atoms with Crippen LogP contribution < -0.4 is 16.0 Å². The van der Waals surface area contributed by atoms with Crippen molar-refractivity contribution < 1.29 is 9.72 Å². The van der Waals surface area contributed by atoms with E-state index in [1.54, 1.807) is 7.05 Å². The predicted molar refractivity (Wildman–Crippen MR) is 101 cm³/mol. The van der Waals surface area contributed by atoms with Crippen molar-refractivity contribution in [3.05, 3.63) is 52.3 Å². The minimum atomic E-state index is -0.477. The van der Waals surface area contributed by atoms with Gasteiger partial charge in [-0.1, -0.05) is 18.2 Å². The maximum atomic E-state index is 11.9. The van der Waals surface area contributed by atoms with Gasteiger partial charge in [-0.25, -0.2) is 0 Å². The molecule has 1 aromatic carbocycles. The van der Waals surface area contributed by atoms with Crippen LogP contribution in [-0.4, -0.2) is 46.7 Å². The Morgan fingerprint density at radius 3 is 3.00 bits per heavy atom. The van der Waals surface area contributed by atoms with Crippen LogP contribution in [0.1, 0.15) is 17.9 Å². The molecule has 142 valence electrons. The van der Waals surface area contributed by atoms with E-state index in [-0.39, 0.29) is 17.5 Å². The number of aliphatic imine (C=N–C) groups is 1. The largest absolute Gasteiger partial charge is 0.356 e. The molecule has 2 heterocycles. The molecule has 2 aromatic rings. The normalized spacial score (nSPS) is 16.4. The van der Waals surface area contributed by atoms with Gasteiger partial charge in [-0.05, 0) is 11.6 Å². The molecule has 1 atom stereocenters. The molecule has 1 aliphatic heterocycles. The third-order valence-corrected chi connectivity index (χ3v) is 4.31. The first-order chi connectivity index (χ1) is 13.1. The van der Waals surface area contributed by atoms with Crippen molar-refractivity contribution in [3.63, 3.8) is 0 Å². The zero-order valence-electron chi connectivity index (χ0n) is 14.9. The van der Waals surface area contributed by atoms with Gasteiger partial charge in [0.2, 0.25) is 5.91 Å². The van der Waals surface area contributed by atoms with E-state index in [1.165, 1.54) is 17.1 Å². The van der Waals surface area contributed by atoms with Crippen molar-refractivity contribution in [1.29, 1.82) is 0 Å². The van der Waals surface area contributed by atoms with Crippen LogP contribution in [0.3, 0.4) is 0 Å². The van der Waals surface area contributed by atoms with Crippen LogP contribution in [0.4, 0.5) is 11.4 Å². The van der Waals surface area contributed by atoms with Crippen LogP contribution in [-0.2, 0) is 11.3 Å². The number of amides is 1. The number of nitrogens with one attached hydrogen (secondary N) is 3. The van der Waals surface area contributed by atoms with E-state index in [0.717, 1.165) is 11.3 Å². The fourth-order valence-electron chi connectivity index (χ4n) is 2.98. The SMILES string of the molecule is CN=C(NCCn1cc([N+](=O)[O-])cn1)NCC1CC(=O)Nc2ccccc21. The van der Waals surface area contributed by atoms with Gasteiger partial charge in [0.25, 0.3) is 0 Å². The van der Waals surface area contributed by atoms with Crippen LogP contribution in [0.25, 0.3) is 0 Å². The number of para-hydroxylation sites is 1. The van der Waals surface area contributed by atoms with Gasteiger partial charge in [0, 0.05) is 38.2 Å². The second-order valence-corrected chi connectivity index (χ2v) is 6.14. The number of hydrogen-bond acceptors (Lipinski definition) is 5. The summed E-state index contributed by atoms with van der Waals surface area (Å²) in [5, 5.41) is 23.9. The van der Waals surface area contributed by atoms with Gasteiger partial charge in [-0.15, -0.1) is 0 Å². The van der Waals surface area contributed by atoms with Gasteiger partial charge >= 0.3 is 5.69 Å². The summed E-state index contributed by atoms with van der Waals surface area (Å²) in [6, 6.07) is 7.77. The highest BCUT2D eigenvalue weighted by Gasteiger charge is 2.24. The first-order valence-corrected chi connectivity index (χ1v) is 8.57. The van der Waals surface area contributed by atoms with Gasteiger partial charge in [-0.2, -0.15) is 5.10 Å². The maximum Gasteiger partial charge on any atom is 0.306 e. The van der Waals surface area contributed by atoms with Crippen LogP contribution in [0.2, 0.25) is 0 Å². The lowest BCUT2D eigenvalue weighted by Gasteiger charge is -2.26. The minimum Gasteiger partial charge on any atom is -0.356 e. The molecule has 0 fully saturated rings. The summed E-state index contributed by atoms with van der Waals surface area (Å²) in [4.78, 5) is 26.2. The number of fused-ring (bicyclic) bond motifs is 1.